The van der Waals surface area contributed by atoms with Crippen molar-refractivity contribution in [1.82, 2.24) is 14.2 Å². The van der Waals surface area contributed by atoms with Crippen molar-refractivity contribution in [2.45, 2.75) is 4.90 Å². The first-order valence-corrected chi connectivity index (χ1v) is 9.16. The monoisotopic (exact) mass is 356 g/mol. The first-order chi connectivity index (χ1) is 12.0. The van der Waals surface area contributed by atoms with Crippen LogP contribution in [-0.4, -0.2) is 54.7 Å². The summed E-state index contributed by atoms with van der Waals surface area (Å²) in [6.45, 7) is 1.11. The number of piperazine rings is 1. The summed E-state index contributed by atoms with van der Waals surface area (Å²) in [5.74, 6) is -0.164. The van der Waals surface area contributed by atoms with E-state index in [4.69, 9.17) is 5.26 Å². The molecule has 2 aromatic rings. The summed E-state index contributed by atoms with van der Waals surface area (Å²) >= 11 is 0. The molecule has 1 amide bonds. The zero-order chi connectivity index (χ0) is 17.9. The Kier molecular flexibility index (Phi) is 4.79. The number of nitrogens with zero attached hydrogens (tertiary/aromatic N) is 4. The van der Waals surface area contributed by atoms with Crippen molar-refractivity contribution < 1.29 is 13.2 Å². The van der Waals surface area contributed by atoms with Gasteiger partial charge < -0.3 is 4.90 Å². The number of amides is 1. The molecule has 7 nitrogen and oxygen atoms in total. The lowest BCUT2D eigenvalue weighted by molar-refractivity contribution is 0.0698. The second kappa shape index (κ2) is 7.01. The van der Waals surface area contributed by atoms with Gasteiger partial charge >= 0.3 is 0 Å². The summed E-state index contributed by atoms with van der Waals surface area (Å²) < 4.78 is 26.5. The van der Waals surface area contributed by atoms with E-state index in [-0.39, 0.29) is 23.9 Å². The number of hydrogen-bond acceptors (Lipinski definition) is 5. The highest BCUT2D eigenvalue weighted by Gasteiger charge is 2.30. The fourth-order valence-electron chi connectivity index (χ4n) is 2.65. The minimum atomic E-state index is -3.59. The van der Waals surface area contributed by atoms with Gasteiger partial charge in [-0.05, 0) is 36.4 Å². The molecule has 1 saturated heterocycles. The maximum absolute atomic E-state index is 12.6. The Morgan fingerprint density at radius 3 is 2.32 bits per heavy atom. The molecule has 0 radical (unpaired) electrons. The summed E-state index contributed by atoms with van der Waals surface area (Å²) in [5.41, 5.74) is 0.978. The topological polar surface area (TPSA) is 94.4 Å². The SMILES string of the molecule is N#Cc1ccc(C(=O)N2CCN(S(=O)(=O)c3cccnc3)CC2)cc1. The van der Waals surface area contributed by atoms with Gasteiger partial charge in [0.05, 0.1) is 11.6 Å². The standard InChI is InChI=1S/C17H16N4O3S/c18-12-14-3-5-15(6-4-14)17(22)20-8-10-21(11-9-20)25(23,24)16-2-1-7-19-13-16/h1-7,13H,8-11H2. The molecule has 0 aliphatic carbocycles. The van der Waals surface area contributed by atoms with Crippen LogP contribution in [0.5, 0.6) is 0 Å². The van der Waals surface area contributed by atoms with E-state index >= 15 is 0 Å². The van der Waals surface area contributed by atoms with Crippen LogP contribution in [0.4, 0.5) is 0 Å². The lowest BCUT2D eigenvalue weighted by Gasteiger charge is -2.34. The van der Waals surface area contributed by atoms with Crippen molar-refractivity contribution in [3.8, 4) is 6.07 Å². The first kappa shape index (κ1) is 17.1. The number of benzene rings is 1. The number of nitriles is 1. The van der Waals surface area contributed by atoms with Crippen LogP contribution in [0.25, 0.3) is 0 Å². The molecule has 0 saturated carbocycles. The Labute approximate surface area is 146 Å². The van der Waals surface area contributed by atoms with Crippen molar-refractivity contribution in [2.24, 2.45) is 0 Å². The predicted molar refractivity (Wildman–Crippen MR) is 90.1 cm³/mol. The van der Waals surface area contributed by atoms with Crippen molar-refractivity contribution in [1.29, 1.82) is 5.26 Å². The summed E-state index contributed by atoms with van der Waals surface area (Å²) in [6.07, 6.45) is 2.84. The number of pyridine rings is 1. The molecule has 25 heavy (non-hydrogen) atoms. The molecule has 0 atom stereocenters. The normalized spacial score (nSPS) is 15.6. The van der Waals surface area contributed by atoms with E-state index in [0.717, 1.165) is 0 Å². The predicted octanol–water partition coefficient (Wildman–Crippen LogP) is 1.10. The molecule has 1 aromatic carbocycles. The lowest BCUT2D eigenvalue weighted by Crippen LogP contribution is -2.50. The first-order valence-electron chi connectivity index (χ1n) is 7.72. The maximum Gasteiger partial charge on any atom is 0.253 e. The molecular weight excluding hydrogens is 340 g/mol. The van der Waals surface area contributed by atoms with Crippen LogP contribution in [0.2, 0.25) is 0 Å². The summed E-state index contributed by atoms with van der Waals surface area (Å²) in [7, 11) is -3.59. The van der Waals surface area contributed by atoms with E-state index in [9.17, 15) is 13.2 Å². The zero-order valence-corrected chi connectivity index (χ0v) is 14.2. The van der Waals surface area contributed by atoms with E-state index in [1.54, 1.807) is 35.2 Å². The van der Waals surface area contributed by atoms with Crippen LogP contribution in [0.1, 0.15) is 15.9 Å². The van der Waals surface area contributed by atoms with Crippen LogP contribution >= 0.6 is 0 Å². The third-order valence-corrected chi connectivity index (χ3v) is 5.94. The van der Waals surface area contributed by atoms with Crippen molar-refractivity contribution in [3.63, 3.8) is 0 Å². The van der Waals surface area contributed by atoms with Gasteiger partial charge in [-0.1, -0.05) is 0 Å². The molecule has 1 fully saturated rings. The highest BCUT2D eigenvalue weighted by Crippen LogP contribution is 2.17. The molecule has 0 N–H and O–H groups in total. The highest BCUT2D eigenvalue weighted by molar-refractivity contribution is 7.89. The molecule has 128 valence electrons. The van der Waals surface area contributed by atoms with Crippen molar-refractivity contribution in [3.05, 3.63) is 59.9 Å². The third-order valence-electron chi connectivity index (χ3n) is 4.06. The van der Waals surface area contributed by atoms with Gasteiger partial charge in [0.1, 0.15) is 4.90 Å². The van der Waals surface area contributed by atoms with E-state index in [1.165, 1.54) is 22.8 Å². The van der Waals surface area contributed by atoms with Crippen molar-refractivity contribution >= 4 is 15.9 Å². The molecule has 0 unspecified atom stereocenters. The Morgan fingerprint density at radius 1 is 1.08 bits per heavy atom. The lowest BCUT2D eigenvalue weighted by atomic mass is 10.1. The average Bonchev–Trinajstić information content (AvgIpc) is 2.68. The van der Waals surface area contributed by atoms with Crippen LogP contribution < -0.4 is 0 Å². The third kappa shape index (κ3) is 3.52. The summed E-state index contributed by atoms with van der Waals surface area (Å²) in [5, 5.41) is 8.80. The molecule has 0 spiro atoms. The molecule has 1 aliphatic heterocycles. The average molecular weight is 356 g/mol. The molecular formula is C17H16N4O3S. The van der Waals surface area contributed by atoms with E-state index in [2.05, 4.69) is 4.98 Å². The van der Waals surface area contributed by atoms with Gasteiger partial charge in [-0.15, -0.1) is 0 Å². The van der Waals surface area contributed by atoms with Gasteiger partial charge in [-0.2, -0.15) is 9.57 Å². The minimum absolute atomic E-state index is 0.155. The number of hydrogen-bond donors (Lipinski definition) is 0. The zero-order valence-electron chi connectivity index (χ0n) is 13.4. The van der Waals surface area contributed by atoms with E-state index in [0.29, 0.717) is 24.2 Å². The molecule has 0 bridgehead atoms. The van der Waals surface area contributed by atoms with Crippen molar-refractivity contribution in [2.75, 3.05) is 26.2 Å². The van der Waals surface area contributed by atoms with Crippen LogP contribution in [0.3, 0.4) is 0 Å². The van der Waals surface area contributed by atoms with Crippen LogP contribution in [-0.2, 0) is 10.0 Å². The highest BCUT2D eigenvalue weighted by atomic mass is 32.2. The number of aromatic nitrogens is 1. The molecule has 1 aromatic heterocycles. The molecule has 1 aliphatic rings. The number of rotatable bonds is 3. The Balaban J connectivity index is 1.67. The Hall–Kier alpha value is -2.76. The van der Waals surface area contributed by atoms with Gasteiger partial charge in [0.25, 0.3) is 5.91 Å². The Bertz CT molecular complexity index is 897. The van der Waals surface area contributed by atoms with Gasteiger partial charge in [0, 0.05) is 44.1 Å². The second-order valence-electron chi connectivity index (χ2n) is 5.57. The maximum atomic E-state index is 12.6. The number of carbonyl (C=O) groups is 1. The molecule has 8 heteroatoms. The van der Waals surface area contributed by atoms with Gasteiger partial charge in [0.2, 0.25) is 10.0 Å². The second-order valence-corrected chi connectivity index (χ2v) is 7.51. The van der Waals surface area contributed by atoms with Gasteiger partial charge in [-0.25, -0.2) is 8.42 Å². The molecule has 2 heterocycles. The Morgan fingerprint density at radius 2 is 1.76 bits per heavy atom. The number of sulfonamides is 1. The largest absolute Gasteiger partial charge is 0.336 e. The quantitative estimate of drug-likeness (QED) is 0.821. The van der Waals surface area contributed by atoms with E-state index < -0.39 is 10.0 Å². The fraction of sp³-hybridized carbons (Fsp3) is 0.235. The summed E-state index contributed by atoms with van der Waals surface area (Å²) in [6, 6.07) is 11.5. The summed E-state index contributed by atoms with van der Waals surface area (Å²) in [4.78, 5) is 18.1. The van der Waals surface area contributed by atoms with E-state index in [1.807, 2.05) is 6.07 Å². The van der Waals surface area contributed by atoms with Gasteiger partial charge in [-0.3, -0.25) is 9.78 Å². The number of carbonyl (C=O) groups excluding carboxylic acids is 1. The minimum Gasteiger partial charge on any atom is -0.336 e. The smallest absolute Gasteiger partial charge is 0.253 e. The van der Waals surface area contributed by atoms with Gasteiger partial charge in [0.15, 0.2) is 0 Å². The fourth-order valence-corrected chi connectivity index (χ4v) is 4.04. The molecule has 3 rings (SSSR count). The van der Waals surface area contributed by atoms with Crippen LogP contribution in [0, 0.1) is 11.3 Å². The van der Waals surface area contributed by atoms with Crippen LogP contribution in [0.15, 0.2) is 53.7 Å².